The molecule has 1 amide bonds. The number of nitrogens with zero attached hydrogens (tertiary/aromatic N) is 2. The zero-order valence-corrected chi connectivity index (χ0v) is 6.24. The number of hydrogen-bond acceptors (Lipinski definition) is 2. The fourth-order valence-corrected chi connectivity index (χ4v) is 0.733. The Bertz CT molecular complexity index is 258. The predicted molar refractivity (Wildman–Crippen MR) is 41.3 cm³/mol. The van der Waals surface area contributed by atoms with Gasteiger partial charge in [0.15, 0.2) is 0 Å². The molecule has 11 heavy (non-hydrogen) atoms. The molecule has 1 aromatic rings. The van der Waals surface area contributed by atoms with Crippen LogP contribution in [0.4, 0.5) is 0 Å². The molecule has 1 N–H and O–H groups in total. The van der Waals surface area contributed by atoms with Crippen LogP contribution in [0.5, 0.6) is 0 Å². The average molecular weight is 149 g/mol. The Kier molecular flexibility index (Phi) is 2.30. The Morgan fingerprint density at radius 3 is 3.09 bits per heavy atom. The van der Waals surface area contributed by atoms with Gasteiger partial charge in [0.2, 0.25) is 0 Å². The summed E-state index contributed by atoms with van der Waals surface area (Å²) in [5.74, 6) is -0.194. The molecule has 0 saturated heterocycles. The highest BCUT2D eigenvalue weighted by Gasteiger charge is 2.04. The minimum Gasteiger partial charge on any atom is -0.361 e. The second-order valence-electron chi connectivity index (χ2n) is 2.11. The number of rotatable bonds is 2. The first-order chi connectivity index (χ1) is 5.24. The topological polar surface area (TPSA) is 46.9 Å². The van der Waals surface area contributed by atoms with Gasteiger partial charge in [0.1, 0.15) is 0 Å². The van der Waals surface area contributed by atoms with Crippen molar-refractivity contribution in [1.29, 1.82) is 0 Å². The maximum atomic E-state index is 11.0. The molecule has 4 nitrogen and oxygen atoms in total. The van der Waals surface area contributed by atoms with Crippen molar-refractivity contribution in [2.75, 3.05) is 6.44 Å². The minimum atomic E-state index is -0.194. The van der Waals surface area contributed by atoms with Crippen molar-refractivity contribution in [3.05, 3.63) is 18.0 Å². The van der Waals surface area contributed by atoms with Crippen molar-refractivity contribution >= 4 is 13.8 Å². The van der Waals surface area contributed by atoms with Gasteiger partial charge in [-0.15, -0.1) is 0 Å². The van der Waals surface area contributed by atoms with Gasteiger partial charge in [-0.3, -0.25) is 9.48 Å². The third kappa shape index (κ3) is 1.83. The van der Waals surface area contributed by atoms with Crippen LogP contribution in [0.15, 0.2) is 12.4 Å². The Morgan fingerprint density at radius 2 is 2.64 bits per heavy atom. The lowest BCUT2D eigenvalue weighted by Crippen LogP contribution is -2.23. The van der Waals surface area contributed by atoms with E-state index >= 15 is 0 Å². The van der Waals surface area contributed by atoms with Gasteiger partial charge in [-0.05, 0) is 6.44 Å². The number of amides is 1. The van der Waals surface area contributed by atoms with Crippen molar-refractivity contribution in [3.8, 4) is 0 Å². The van der Waals surface area contributed by atoms with Crippen molar-refractivity contribution in [2.45, 2.75) is 0 Å². The van der Waals surface area contributed by atoms with E-state index in [9.17, 15) is 4.79 Å². The highest BCUT2D eigenvalue weighted by Crippen LogP contribution is 1.94. The van der Waals surface area contributed by atoms with Crippen molar-refractivity contribution in [3.63, 3.8) is 0 Å². The van der Waals surface area contributed by atoms with Crippen LogP contribution in [0, 0.1) is 0 Å². The van der Waals surface area contributed by atoms with E-state index < -0.39 is 0 Å². The first-order valence-corrected chi connectivity index (χ1v) is 3.21. The van der Waals surface area contributed by atoms with Crippen LogP contribution < -0.4 is 5.32 Å². The summed E-state index contributed by atoms with van der Waals surface area (Å²) < 4.78 is 1.56. The van der Waals surface area contributed by atoms with E-state index in [-0.39, 0.29) is 12.4 Å². The summed E-state index contributed by atoms with van der Waals surface area (Å²) in [5.41, 5.74) is 0.526. The Labute approximate surface area is 66.0 Å². The van der Waals surface area contributed by atoms with Crippen LogP contribution in [0.2, 0.25) is 0 Å². The van der Waals surface area contributed by atoms with Gasteiger partial charge >= 0.3 is 0 Å². The number of carbonyl (C=O) groups is 1. The second kappa shape index (κ2) is 3.23. The van der Waals surface area contributed by atoms with Gasteiger partial charge in [-0.25, -0.2) is 0 Å². The zero-order chi connectivity index (χ0) is 8.27. The normalized spacial score (nSPS) is 9.55. The van der Waals surface area contributed by atoms with Crippen LogP contribution in [-0.4, -0.2) is 30.0 Å². The van der Waals surface area contributed by atoms with Gasteiger partial charge in [0, 0.05) is 13.2 Å². The van der Waals surface area contributed by atoms with Crippen molar-refractivity contribution in [2.24, 2.45) is 7.05 Å². The van der Waals surface area contributed by atoms with Crippen LogP contribution in [0.25, 0.3) is 0 Å². The molecule has 1 rings (SSSR count). The number of aromatic nitrogens is 2. The van der Waals surface area contributed by atoms with Gasteiger partial charge in [0.25, 0.3) is 5.91 Å². The summed E-state index contributed by atoms with van der Waals surface area (Å²) in [5, 5.41) is 6.30. The minimum absolute atomic E-state index is 0.147. The third-order valence-corrected chi connectivity index (χ3v) is 1.23. The van der Waals surface area contributed by atoms with Gasteiger partial charge in [0.05, 0.1) is 19.6 Å². The molecule has 0 aliphatic carbocycles. The maximum absolute atomic E-state index is 11.0. The molecule has 0 bridgehead atoms. The van der Waals surface area contributed by atoms with Crippen molar-refractivity contribution in [1.82, 2.24) is 15.1 Å². The summed E-state index contributed by atoms with van der Waals surface area (Å²) in [7, 11) is 6.86. The summed E-state index contributed by atoms with van der Waals surface area (Å²) in [6.07, 6.45) is 3.27. The number of nitrogens with one attached hydrogen (secondary N) is 1. The third-order valence-electron chi connectivity index (χ3n) is 1.23. The van der Waals surface area contributed by atoms with Crippen LogP contribution >= 0.6 is 0 Å². The molecule has 1 aromatic heterocycles. The lowest BCUT2D eigenvalue weighted by atomic mass is 10.1. The van der Waals surface area contributed by atoms with E-state index in [0.717, 1.165) is 0 Å². The Balaban J connectivity index is 2.69. The molecule has 0 unspecified atom stereocenters. The van der Waals surface area contributed by atoms with Gasteiger partial charge in [-0.1, -0.05) is 0 Å². The Morgan fingerprint density at radius 1 is 1.91 bits per heavy atom. The van der Waals surface area contributed by atoms with E-state index in [1.165, 1.54) is 6.20 Å². The molecule has 1 heterocycles. The smallest absolute Gasteiger partial charge is 0.253 e. The summed E-state index contributed by atoms with van der Waals surface area (Å²) >= 11 is 0. The second-order valence-corrected chi connectivity index (χ2v) is 2.11. The quantitative estimate of drug-likeness (QED) is 0.563. The number of aryl methyl sites for hydroxylation is 1. The fourth-order valence-electron chi connectivity index (χ4n) is 0.733. The average Bonchev–Trinajstić information content (AvgIpc) is 2.36. The first-order valence-electron chi connectivity index (χ1n) is 3.21. The molecular formula is C6H8BN3O. The largest absolute Gasteiger partial charge is 0.361 e. The first kappa shape index (κ1) is 7.85. The molecule has 56 valence electrons. The Hall–Kier alpha value is -1.26. The molecule has 5 heteroatoms. The summed E-state index contributed by atoms with van der Waals surface area (Å²) in [6.45, 7) is 0. The lowest BCUT2D eigenvalue weighted by Gasteiger charge is -1.96. The maximum Gasteiger partial charge on any atom is 0.253 e. The molecule has 0 aliphatic rings. The standard InChI is InChI=1S/C6H8BN3O/c1-10-3-5(2-9-10)6(11)8-4-7/h2-3H,4H2,1H3,(H,8,11). The molecule has 0 atom stereocenters. The number of hydrogen-bond donors (Lipinski definition) is 1. The molecule has 0 aromatic carbocycles. The van der Waals surface area contributed by atoms with Crippen molar-refractivity contribution < 1.29 is 4.79 Å². The van der Waals surface area contributed by atoms with E-state index in [1.54, 1.807) is 17.9 Å². The molecule has 0 saturated carbocycles. The summed E-state index contributed by atoms with van der Waals surface area (Å²) in [6, 6.07) is 0. The fraction of sp³-hybridized carbons (Fsp3) is 0.333. The van der Waals surface area contributed by atoms with E-state index in [2.05, 4.69) is 10.4 Å². The van der Waals surface area contributed by atoms with E-state index in [0.29, 0.717) is 5.56 Å². The highest BCUT2D eigenvalue weighted by atomic mass is 16.1. The SMILES string of the molecule is [B]CNC(=O)c1cnn(C)c1. The summed E-state index contributed by atoms with van der Waals surface area (Å²) in [4.78, 5) is 11.0. The zero-order valence-electron chi connectivity index (χ0n) is 6.24. The van der Waals surface area contributed by atoms with Crippen LogP contribution in [0.1, 0.15) is 10.4 Å². The lowest BCUT2D eigenvalue weighted by molar-refractivity contribution is 0.0960. The molecule has 0 spiro atoms. The van der Waals surface area contributed by atoms with E-state index in [1.807, 2.05) is 0 Å². The van der Waals surface area contributed by atoms with Gasteiger partial charge < -0.3 is 5.32 Å². The molecule has 0 aliphatic heterocycles. The van der Waals surface area contributed by atoms with Gasteiger partial charge in [-0.2, -0.15) is 5.10 Å². The highest BCUT2D eigenvalue weighted by molar-refractivity contribution is 6.11. The predicted octanol–water partition coefficient (Wildman–Crippen LogP) is -0.724. The molecular weight excluding hydrogens is 141 g/mol. The van der Waals surface area contributed by atoms with Crippen LogP contribution in [0.3, 0.4) is 0 Å². The molecule has 0 fully saturated rings. The number of carbonyl (C=O) groups excluding carboxylic acids is 1. The molecule has 2 radical (unpaired) electrons. The van der Waals surface area contributed by atoms with E-state index in [4.69, 9.17) is 7.85 Å². The van der Waals surface area contributed by atoms with Crippen LogP contribution in [-0.2, 0) is 7.05 Å². The monoisotopic (exact) mass is 149 g/mol.